The third-order valence-corrected chi connectivity index (χ3v) is 7.41. The second kappa shape index (κ2) is 11.9. The van der Waals surface area contributed by atoms with Gasteiger partial charge in [-0.15, -0.1) is 10.2 Å². The van der Waals surface area contributed by atoms with Gasteiger partial charge in [0.2, 0.25) is 11.7 Å². The number of aromatic amines is 1. The van der Waals surface area contributed by atoms with Crippen LogP contribution in [0.1, 0.15) is 58.8 Å². The molecule has 2 fully saturated rings. The lowest BCUT2D eigenvalue weighted by atomic mass is 9.92. The molecule has 9 nitrogen and oxygen atoms in total. The molecule has 3 aromatic rings. The average Bonchev–Trinajstić information content (AvgIpc) is 3.65. The third-order valence-electron chi connectivity index (χ3n) is 7.20. The third kappa shape index (κ3) is 6.30. The Labute approximate surface area is 229 Å². The molecule has 0 saturated heterocycles. The summed E-state index contributed by atoms with van der Waals surface area (Å²) < 4.78 is 0. The number of H-pyrrole nitrogens is 1. The van der Waals surface area contributed by atoms with E-state index in [2.05, 4.69) is 79.8 Å². The van der Waals surface area contributed by atoms with Gasteiger partial charge in [0.25, 0.3) is 0 Å². The predicted molar refractivity (Wildman–Crippen MR) is 154 cm³/mol. The monoisotopic (exact) mass is 532 g/mol. The zero-order chi connectivity index (χ0) is 26.5. The molecular formula is C28H36N8OS. The van der Waals surface area contributed by atoms with E-state index in [1.165, 1.54) is 32.1 Å². The molecule has 0 aliphatic heterocycles. The van der Waals surface area contributed by atoms with Crippen molar-refractivity contribution in [2.75, 3.05) is 16.8 Å². The Morgan fingerprint density at radius 1 is 1.05 bits per heavy atom. The Balaban J connectivity index is 1.50. The lowest BCUT2D eigenvalue weighted by Crippen LogP contribution is -2.45. The van der Waals surface area contributed by atoms with Gasteiger partial charge in [-0.3, -0.25) is 15.6 Å². The zero-order valence-corrected chi connectivity index (χ0v) is 22.9. The molecule has 1 aromatic heterocycles. The number of carbonyl (C=O) groups is 1. The number of hydrogen-bond acceptors (Lipinski definition) is 6. The standard InChI is InChI=1S/C28H36N8OS/c1-18(2)17-36(21-8-4-3-5-9-21)25-15-14-20(22-10-6-7-11-23(22)26-30-34-35-31-26)16-24(25)29-28(38)33-32-27(37)19-12-13-19/h6-7,10-11,14-16,18-19,21H,3-5,8-9,12-13,17H2,1-2H3,(H,32,37)(H2,29,33,38)(H,30,31,34,35). The summed E-state index contributed by atoms with van der Waals surface area (Å²) in [6, 6.07) is 15.0. The molecule has 0 bridgehead atoms. The van der Waals surface area contributed by atoms with Crippen molar-refractivity contribution in [2.45, 2.75) is 64.8 Å². The summed E-state index contributed by atoms with van der Waals surface area (Å²) in [5.41, 5.74) is 10.6. The van der Waals surface area contributed by atoms with Crippen LogP contribution in [0.15, 0.2) is 42.5 Å². The molecule has 2 aliphatic carbocycles. The molecule has 2 aromatic carbocycles. The number of nitrogens with zero attached hydrogens (tertiary/aromatic N) is 4. The molecule has 2 aliphatic rings. The van der Waals surface area contributed by atoms with Crippen LogP contribution in [-0.2, 0) is 4.79 Å². The van der Waals surface area contributed by atoms with Crippen molar-refractivity contribution in [3.8, 4) is 22.5 Å². The second-order valence-corrected chi connectivity index (χ2v) is 11.1. The number of carbonyl (C=O) groups excluding carboxylic acids is 1. The number of nitrogens with one attached hydrogen (secondary N) is 4. The molecule has 10 heteroatoms. The molecule has 1 amide bonds. The smallest absolute Gasteiger partial charge is 0.241 e. The van der Waals surface area contributed by atoms with E-state index in [0.29, 0.717) is 22.9 Å². The molecule has 5 rings (SSSR count). The van der Waals surface area contributed by atoms with Crippen molar-refractivity contribution in [2.24, 2.45) is 11.8 Å². The van der Waals surface area contributed by atoms with Gasteiger partial charge >= 0.3 is 0 Å². The first-order valence-corrected chi connectivity index (χ1v) is 14.0. The first-order valence-electron chi connectivity index (χ1n) is 13.6. The number of benzene rings is 2. The number of anilines is 2. The highest BCUT2D eigenvalue weighted by Gasteiger charge is 2.30. The fourth-order valence-corrected chi connectivity index (χ4v) is 5.37. The van der Waals surface area contributed by atoms with Gasteiger partial charge in [0.15, 0.2) is 5.11 Å². The summed E-state index contributed by atoms with van der Waals surface area (Å²) >= 11 is 5.61. The Kier molecular flexibility index (Phi) is 8.17. The van der Waals surface area contributed by atoms with Gasteiger partial charge in [-0.1, -0.05) is 63.4 Å². The first kappa shape index (κ1) is 26.1. The summed E-state index contributed by atoms with van der Waals surface area (Å²) in [6.07, 6.45) is 8.06. The van der Waals surface area contributed by atoms with E-state index in [1.54, 1.807) is 0 Å². The molecule has 2 saturated carbocycles. The highest BCUT2D eigenvalue weighted by atomic mass is 32.1. The second-order valence-electron chi connectivity index (χ2n) is 10.7. The number of hydrazine groups is 1. The van der Waals surface area contributed by atoms with Crippen LogP contribution in [-0.4, -0.2) is 44.2 Å². The Bertz CT molecular complexity index is 1250. The van der Waals surface area contributed by atoms with Crippen LogP contribution < -0.4 is 21.1 Å². The number of amides is 1. The van der Waals surface area contributed by atoms with Gasteiger partial charge in [-0.25, -0.2) is 0 Å². The summed E-state index contributed by atoms with van der Waals surface area (Å²) in [5.74, 6) is 1.13. The topological polar surface area (TPSA) is 111 Å². The maximum absolute atomic E-state index is 12.2. The quantitative estimate of drug-likeness (QED) is 0.235. The molecule has 200 valence electrons. The highest BCUT2D eigenvalue weighted by molar-refractivity contribution is 7.80. The minimum absolute atomic E-state index is 0.0131. The molecule has 1 heterocycles. The summed E-state index contributed by atoms with van der Waals surface area (Å²) in [7, 11) is 0. The Morgan fingerprint density at radius 3 is 2.50 bits per heavy atom. The Morgan fingerprint density at radius 2 is 1.82 bits per heavy atom. The molecular weight excluding hydrogens is 496 g/mol. The molecule has 0 spiro atoms. The van der Waals surface area contributed by atoms with E-state index in [9.17, 15) is 4.79 Å². The van der Waals surface area contributed by atoms with E-state index >= 15 is 0 Å². The van der Waals surface area contributed by atoms with Crippen molar-refractivity contribution >= 4 is 34.6 Å². The van der Waals surface area contributed by atoms with Crippen molar-refractivity contribution in [1.29, 1.82) is 0 Å². The average molecular weight is 533 g/mol. The highest BCUT2D eigenvalue weighted by Crippen LogP contribution is 2.38. The minimum atomic E-state index is -0.0131. The molecule has 38 heavy (non-hydrogen) atoms. The first-order chi connectivity index (χ1) is 18.5. The van der Waals surface area contributed by atoms with Gasteiger partial charge in [-0.05, 0) is 72.3 Å². The van der Waals surface area contributed by atoms with Crippen LogP contribution in [0.2, 0.25) is 0 Å². The van der Waals surface area contributed by atoms with Crippen molar-refractivity contribution in [1.82, 2.24) is 31.5 Å². The van der Waals surface area contributed by atoms with E-state index in [1.807, 2.05) is 18.2 Å². The van der Waals surface area contributed by atoms with Crippen molar-refractivity contribution < 1.29 is 4.79 Å². The molecule has 4 N–H and O–H groups in total. The summed E-state index contributed by atoms with van der Waals surface area (Å²) in [5, 5.41) is 18.4. The summed E-state index contributed by atoms with van der Waals surface area (Å²) in [6.45, 7) is 5.48. The van der Waals surface area contributed by atoms with Crippen LogP contribution >= 0.6 is 12.2 Å². The van der Waals surface area contributed by atoms with Gasteiger partial charge in [0, 0.05) is 24.1 Å². The SMILES string of the molecule is CC(C)CN(c1ccc(-c2ccccc2-c2nn[nH]n2)cc1NC(=S)NNC(=O)C1CC1)C1CCCCC1. The number of rotatable bonds is 8. The lowest BCUT2D eigenvalue weighted by Gasteiger charge is -2.38. The van der Waals surface area contributed by atoms with E-state index in [4.69, 9.17) is 12.2 Å². The number of hydrogen-bond donors (Lipinski definition) is 4. The van der Waals surface area contributed by atoms with Crippen LogP contribution in [0, 0.1) is 11.8 Å². The van der Waals surface area contributed by atoms with Crippen LogP contribution in [0.3, 0.4) is 0 Å². The number of tetrazole rings is 1. The molecule has 0 unspecified atom stereocenters. The number of aromatic nitrogens is 4. The van der Waals surface area contributed by atoms with Crippen LogP contribution in [0.5, 0.6) is 0 Å². The van der Waals surface area contributed by atoms with E-state index < -0.39 is 0 Å². The van der Waals surface area contributed by atoms with E-state index in [0.717, 1.165) is 47.5 Å². The van der Waals surface area contributed by atoms with Crippen molar-refractivity contribution in [3.63, 3.8) is 0 Å². The maximum Gasteiger partial charge on any atom is 0.241 e. The van der Waals surface area contributed by atoms with Crippen LogP contribution in [0.4, 0.5) is 11.4 Å². The van der Waals surface area contributed by atoms with Gasteiger partial charge < -0.3 is 10.2 Å². The van der Waals surface area contributed by atoms with Crippen LogP contribution in [0.25, 0.3) is 22.5 Å². The lowest BCUT2D eigenvalue weighted by molar-refractivity contribution is -0.122. The fourth-order valence-electron chi connectivity index (χ4n) is 5.21. The van der Waals surface area contributed by atoms with Gasteiger partial charge in [0.05, 0.1) is 11.4 Å². The zero-order valence-electron chi connectivity index (χ0n) is 22.0. The predicted octanol–water partition coefficient (Wildman–Crippen LogP) is 5.06. The summed E-state index contributed by atoms with van der Waals surface area (Å²) in [4.78, 5) is 14.7. The molecule has 0 radical (unpaired) electrons. The van der Waals surface area contributed by atoms with Crippen molar-refractivity contribution in [3.05, 3.63) is 42.5 Å². The fraction of sp³-hybridized carbons (Fsp3) is 0.464. The Hall–Kier alpha value is -3.53. The number of thiocarbonyl (C=S) groups is 1. The normalized spacial score (nSPS) is 15.8. The maximum atomic E-state index is 12.2. The van der Waals surface area contributed by atoms with Gasteiger partial charge in [0.1, 0.15) is 0 Å². The molecule has 0 atom stereocenters. The van der Waals surface area contributed by atoms with Gasteiger partial charge in [-0.2, -0.15) is 5.21 Å². The largest absolute Gasteiger partial charge is 0.367 e. The van der Waals surface area contributed by atoms with E-state index in [-0.39, 0.29) is 11.8 Å². The minimum Gasteiger partial charge on any atom is -0.367 e.